The van der Waals surface area contributed by atoms with E-state index in [0.29, 0.717) is 0 Å². The predicted molar refractivity (Wildman–Crippen MR) is 545 cm³/mol. The lowest BCUT2D eigenvalue weighted by molar-refractivity contribution is 0.956. The van der Waals surface area contributed by atoms with Gasteiger partial charge in [-0.1, -0.05) is 376 Å². The zero-order valence-corrected chi connectivity index (χ0v) is 77.8. The van der Waals surface area contributed by atoms with E-state index in [-0.39, 0.29) is 13.4 Å². The van der Waals surface area contributed by atoms with Crippen LogP contribution in [-0.2, 0) is 12.8 Å². The monoisotopic (exact) mass is 1660 g/mol. The number of hydrogen-bond acceptors (Lipinski definition) is 3. The SMILES string of the molecule is Cc1ccc(C#CC2=C(c3ccc(C)cc3)/C(C#Cc3ccc(C)cc3)=C(c3ccc(C)cc3)\C(C#Cc3ccc(CCc4cc(C)c(B(c5ccc(-c6ccc(-c7ccc(B(c8c(C)cc(C)cc8C)c8c(C)cc(C)cc8C)s7)s6)s5)c5c(C)cc(C)cc5C)c(C)c4)cc3)=C(c3ccc(C)cc3)/C(C#Cc3ccc(C)cc3)=C\2c2ccc(C)cc2)cc1. The summed E-state index contributed by atoms with van der Waals surface area (Å²) in [6.45, 7) is 40.4. The van der Waals surface area contributed by atoms with Gasteiger partial charge < -0.3 is 0 Å². The van der Waals surface area contributed by atoms with Crippen LogP contribution in [0, 0.1) is 172 Å². The molecule has 12 aromatic carbocycles. The molecule has 0 unspecified atom stereocenters. The molecule has 0 spiro atoms. The van der Waals surface area contributed by atoms with E-state index >= 15 is 0 Å². The quantitative estimate of drug-likeness (QED) is 0.0709. The van der Waals surface area contributed by atoms with Gasteiger partial charge in [-0.3, -0.25) is 0 Å². The summed E-state index contributed by atoms with van der Waals surface area (Å²) in [6, 6.07) is 104. The van der Waals surface area contributed by atoms with Gasteiger partial charge in [-0.15, -0.1) is 34.0 Å². The molecule has 0 aliphatic heterocycles. The molecule has 1 aliphatic rings. The number of benzene rings is 12. The Labute approximate surface area is 756 Å². The topological polar surface area (TPSA) is 0 Å². The summed E-state index contributed by atoms with van der Waals surface area (Å²) in [5.41, 5.74) is 45.1. The second-order valence-electron chi connectivity index (χ2n) is 34.8. The summed E-state index contributed by atoms with van der Waals surface area (Å²) in [5.74, 6) is 31.2. The molecule has 0 saturated carbocycles. The molecule has 0 atom stereocenters. The molecule has 1 aliphatic carbocycles. The van der Waals surface area contributed by atoms with Crippen LogP contribution in [0.3, 0.4) is 0 Å². The van der Waals surface area contributed by atoms with Crippen molar-refractivity contribution in [1.82, 2.24) is 0 Å². The third kappa shape index (κ3) is 19.1. The van der Waals surface area contributed by atoms with Crippen LogP contribution in [0.2, 0.25) is 0 Å². The van der Waals surface area contributed by atoms with Crippen LogP contribution in [0.15, 0.2) is 301 Å². The van der Waals surface area contributed by atoms with Crippen molar-refractivity contribution >= 4 is 101 Å². The van der Waals surface area contributed by atoms with Crippen molar-refractivity contribution < 1.29 is 0 Å². The van der Waals surface area contributed by atoms with Crippen molar-refractivity contribution in [2.45, 2.75) is 137 Å². The van der Waals surface area contributed by atoms with Crippen LogP contribution in [0.5, 0.6) is 0 Å². The summed E-state index contributed by atoms with van der Waals surface area (Å²) < 4.78 is 2.75. The molecule has 5 heteroatoms. The lowest BCUT2D eigenvalue weighted by Crippen LogP contribution is -2.54. The Morgan fingerprint density at radius 3 is 0.656 bits per heavy atom. The van der Waals surface area contributed by atoms with Gasteiger partial charge in [0.25, 0.3) is 13.4 Å². The van der Waals surface area contributed by atoms with Gasteiger partial charge in [-0.05, 0) is 253 Å². The zero-order valence-electron chi connectivity index (χ0n) is 75.4. The molecule has 0 N–H and O–H groups in total. The van der Waals surface area contributed by atoms with Crippen LogP contribution in [0.1, 0.15) is 156 Å². The molecular formula is C120H104B2S3. The summed E-state index contributed by atoms with van der Waals surface area (Å²) >= 11 is 5.82. The first kappa shape index (κ1) is 85.6. The van der Waals surface area contributed by atoms with Gasteiger partial charge in [0, 0.05) is 86.3 Å². The summed E-state index contributed by atoms with van der Waals surface area (Å²) in [4.78, 5) is 5.23. The minimum absolute atomic E-state index is 0.0563. The van der Waals surface area contributed by atoms with Crippen molar-refractivity contribution in [1.29, 1.82) is 0 Å². The second-order valence-corrected chi connectivity index (χ2v) is 38.1. The highest BCUT2D eigenvalue weighted by Crippen LogP contribution is 2.49. The molecule has 0 radical (unpaired) electrons. The molecule has 0 saturated heterocycles. The lowest BCUT2D eigenvalue weighted by atomic mass is 9.37. The highest BCUT2D eigenvalue weighted by atomic mass is 32.1. The van der Waals surface area contributed by atoms with Gasteiger partial charge in [0.2, 0.25) is 0 Å². The lowest BCUT2D eigenvalue weighted by Gasteiger charge is -2.27. The van der Waals surface area contributed by atoms with Gasteiger partial charge >= 0.3 is 0 Å². The number of aryl methyl sites for hydroxylation is 20. The molecule has 0 fully saturated rings. The molecule has 16 rings (SSSR count). The van der Waals surface area contributed by atoms with Gasteiger partial charge in [0.1, 0.15) is 0 Å². The van der Waals surface area contributed by atoms with E-state index in [4.69, 9.17) is 0 Å². The molecular weight excluding hydrogens is 1560 g/mol. The first-order valence-electron chi connectivity index (χ1n) is 43.6. The Morgan fingerprint density at radius 1 is 0.192 bits per heavy atom. The average Bonchev–Trinajstić information content (AvgIpc) is 0.976. The van der Waals surface area contributed by atoms with Crippen molar-refractivity contribution in [3.05, 3.63) is 457 Å². The summed E-state index contributed by atoms with van der Waals surface area (Å²) in [6.07, 6.45) is 1.74. The first-order valence-corrected chi connectivity index (χ1v) is 46.0. The van der Waals surface area contributed by atoms with Crippen LogP contribution in [0.25, 0.3) is 41.8 Å². The molecule has 3 heterocycles. The van der Waals surface area contributed by atoms with E-state index < -0.39 is 0 Å². The molecule has 0 nitrogen and oxygen atoms in total. The minimum atomic E-state index is 0.0563. The number of thiophene rings is 3. The smallest absolute Gasteiger partial charge is 0.148 e. The summed E-state index contributed by atoms with van der Waals surface area (Å²) in [5, 5.41) is 0. The molecule has 125 heavy (non-hydrogen) atoms. The fourth-order valence-corrected chi connectivity index (χ4v) is 21.8. The maximum absolute atomic E-state index is 4.06. The Morgan fingerprint density at radius 2 is 0.400 bits per heavy atom. The third-order valence-electron chi connectivity index (χ3n) is 24.4. The highest BCUT2D eigenvalue weighted by molar-refractivity contribution is 7.34. The second kappa shape index (κ2) is 37.2. The maximum Gasteiger partial charge on any atom is 0.255 e. The predicted octanol–water partition coefficient (Wildman–Crippen LogP) is 25.9. The van der Waals surface area contributed by atoms with Gasteiger partial charge in [0.05, 0.1) is 0 Å². The normalized spacial score (nSPS) is 14.4. The summed E-state index contributed by atoms with van der Waals surface area (Å²) in [7, 11) is 0. The van der Waals surface area contributed by atoms with Crippen molar-refractivity contribution in [2.24, 2.45) is 0 Å². The van der Waals surface area contributed by atoms with Crippen molar-refractivity contribution in [3.8, 4) is 66.9 Å². The Balaban J connectivity index is 0.797. The zero-order chi connectivity index (χ0) is 87.4. The minimum Gasteiger partial charge on any atom is -0.148 e. The largest absolute Gasteiger partial charge is 0.255 e. The fraction of sp³-hybridized carbons (Fsp3) is 0.167. The molecule has 15 aromatic rings. The van der Waals surface area contributed by atoms with E-state index in [1.54, 1.807) is 0 Å². The average molecular weight is 1660 g/mol. The Kier molecular flexibility index (Phi) is 25.5. The number of hydrogen-bond donors (Lipinski definition) is 0. The van der Waals surface area contributed by atoms with E-state index in [9.17, 15) is 0 Å². The fourth-order valence-electron chi connectivity index (χ4n) is 18.4. The molecule has 0 bridgehead atoms. The van der Waals surface area contributed by atoms with Crippen molar-refractivity contribution in [2.75, 3.05) is 0 Å². The van der Waals surface area contributed by atoms with Gasteiger partial charge in [-0.2, -0.15) is 0 Å². The maximum atomic E-state index is 4.06. The van der Waals surface area contributed by atoms with Crippen LogP contribution in [0.4, 0.5) is 0 Å². The Hall–Kier alpha value is -12.9. The van der Waals surface area contributed by atoms with Crippen LogP contribution in [-0.4, -0.2) is 13.4 Å². The molecule has 0 amide bonds. The first-order chi connectivity index (χ1) is 60.3. The van der Waals surface area contributed by atoms with E-state index in [0.717, 1.165) is 135 Å². The Bertz CT molecular complexity index is 6880. The molecule has 608 valence electrons. The molecule has 3 aromatic heterocycles. The number of allylic oxidation sites excluding steroid dienone is 8. The standard InChI is InChI=1S/C120H104B2S3/c1-75-19-33-93(34-20-75)45-57-103-113(99-49-25-78(4)26-50-99)104(58-46-94-35-21-76(2)22-36-94)115(101-53-29-80(6)30-54-101)106(116(102-55-31-81(7)32-56-102)105(59-47-95-37-23-77(3)24-38-95)114(103)100-51-27-79(5)28-52-100)60-48-97-41-39-96(40-42-97)43-44-98-73-91(17)120(92(18)74-98)122(119-89(15)71-84(10)72-90(119)16)112-66-64-110(125-112)108-62-61-107(123-108)109-63-65-111(124-109)121(117-85(11)67-82(8)68-86(117)12)118-87(13)69-83(9)70-88(118)14/h19-42,49-56,61-74H,43-44H2,1-18H3/b113-103-,113-104?,114-103?,114-105-,115-104-,115-106?,116-105?,116-106-. The van der Waals surface area contributed by atoms with E-state index in [2.05, 4.69) is 451 Å². The van der Waals surface area contributed by atoms with Gasteiger partial charge in [-0.25, -0.2) is 0 Å². The van der Waals surface area contributed by atoms with E-state index in [1.807, 2.05) is 34.0 Å². The van der Waals surface area contributed by atoms with Gasteiger partial charge in [0.15, 0.2) is 0 Å². The van der Waals surface area contributed by atoms with Crippen molar-refractivity contribution in [3.63, 3.8) is 0 Å². The van der Waals surface area contributed by atoms with Crippen LogP contribution >= 0.6 is 34.0 Å². The van der Waals surface area contributed by atoms with Crippen LogP contribution < -0.4 is 31.4 Å². The third-order valence-corrected chi connectivity index (χ3v) is 28.2. The van der Waals surface area contributed by atoms with E-state index in [1.165, 1.54) is 129 Å². The number of rotatable bonds is 15. The highest BCUT2D eigenvalue weighted by Gasteiger charge is 2.35.